The van der Waals surface area contributed by atoms with Gasteiger partial charge >= 0.3 is 60.2 Å². The lowest BCUT2D eigenvalue weighted by atomic mass is 9.91. The highest BCUT2D eigenvalue weighted by atomic mass is 127. The normalized spacial score (nSPS) is 14.3. The second kappa shape index (κ2) is 52.9. The van der Waals surface area contributed by atoms with E-state index >= 15 is 0 Å². The van der Waals surface area contributed by atoms with Crippen molar-refractivity contribution in [3.63, 3.8) is 0 Å². The van der Waals surface area contributed by atoms with E-state index < -0.39 is 84.1 Å². The molecule has 4 aromatic rings. The molecule has 0 radical (unpaired) electrons. The van der Waals surface area contributed by atoms with Crippen LogP contribution in [0.4, 0.5) is 21.0 Å². The Morgan fingerprint density at radius 3 is 1.76 bits per heavy atom. The fourth-order valence-electron chi connectivity index (χ4n) is 11.6. The van der Waals surface area contributed by atoms with E-state index in [0.29, 0.717) is 125 Å². The van der Waals surface area contributed by atoms with Crippen molar-refractivity contribution in [3.8, 4) is 11.3 Å². The summed E-state index contributed by atoms with van der Waals surface area (Å²) < 4.78 is 2.45. The van der Waals surface area contributed by atoms with Crippen molar-refractivity contribution >= 4 is 129 Å². The Labute approximate surface area is 643 Å². The minimum absolute atomic E-state index is 0.0530. The highest BCUT2D eigenvalue weighted by Gasteiger charge is 2.30. The van der Waals surface area contributed by atoms with E-state index in [2.05, 4.69) is 82.3 Å². The number of hydrogen-bond donors (Lipinski definition) is 13. The zero-order valence-electron chi connectivity index (χ0n) is 60.2. The van der Waals surface area contributed by atoms with Gasteiger partial charge in [0.2, 0.25) is 5.91 Å². The number of halogens is 1. The summed E-state index contributed by atoms with van der Waals surface area (Å²) in [7, 11) is 1.89. The van der Waals surface area contributed by atoms with Gasteiger partial charge in [0.05, 0.1) is 43.5 Å². The molecule has 1 aliphatic rings. The predicted molar refractivity (Wildman–Crippen MR) is 401 cm³/mol. The van der Waals surface area contributed by atoms with Crippen LogP contribution in [0.15, 0.2) is 79.0 Å². The summed E-state index contributed by atoms with van der Waals surface area (Å²) >= 11 is 7.89. The number of benzene rings is 3. The summed E-state index contributed by atoms with van der Waals surface area (Å²) in [5, 5.41) is 85.7. The predicted octanol–water partition coefficient (Wildman–Crippen LogP) is 4.15. The smallest absolute Gasteiger partial charge is 0.373 e. The van der Waals surface area contributed by atoms with Crippen LogP contribution in [0.5, 0.6) is 0 Å². The topological polar surface area (TPSA) is 505 Å². The van der Waals surface area contributed by atoms with Crippen molar-refractivity contribution in [1.82, 2.24) is 61.2 Å². The molecular weight excluding hydrogens is 1540 g/mol. The van der Waals surface area contributed by atoms with Crippen LogP contribution in [-0.4, -0.2) is 258 Å². The van der Waals surface area contributed by atoms with Crippen molar-refractivity contribution in [2.24, 2.45) is 5.92 Å². The number of anilines is 2. The second-order valence-corrected chi connectivity index (χ2v) is 27.2. The second-order valence-electron chi connectivity index (χ2n) is 25.5. The van der Waals surface area contributed by atoms with Crippen LogP contribution in [0.3, 0.4) is 0 Å². The van der Waals surface area contributed by atoms with Gasteiger partial charge in [0, 0.05) is 118 Å². The molecule has 1 aliphatic heterocycles. The number of carbonyl (C=O) groups is 11. The number of carbonyl (C=O) groups excluding carboxylic acids is 9. The van der Waals surface area contributed by atoms with E-state index in [-0.39, 0.29) is 115 Å². The fourth-order valence-corrected chi connectivity index (χ4v) is 12.2. The number of rotatable bonds is 44. The number of hydrogen-bond acceptors (Lipinski definition) is 22. The molecular formula is C71H97IN14O21S. The molecule has 0 saturated carbocycles. The van der Waals surface area contributed by atoms with Gasteiger partial charge in [0.15, 0.2) is 10.9 Å². The molecule has 590 valence electrons. The number of amides is 5. The molecule has 4 atom stereocenters. The van der Waals surface area contributed by atoms with Crippen molar-refractivity contribution < 1.29 is 103 Å². The van der Waals surface area contributed by atoms with Crippen molar-refractivity contribution in [3.05, 3.63) is 93.7 Å². The van der Waals surface area contributed by atoms with Crippen LogP contribution in [0.2, 0.25) is 0 Å². The third-order valence-corrected chi connectivity index (χ3v) is 18.0. The Morgan fingerprint density at radius 1 is 0.565 bits per heavy atom. The van der Waals surface area contributed by atoms with E-state index in [9.17, 15) is 78.3 Å². The maximum absolute atomic E-state index is 14.2. The van der Waals surface area contributed by atoms with E-state index in [1.165, 1.54) is 16.4 Å². The minimum Gasteiger partial charge on any atom is -0.481 e. The third-order valence-electron chi connectivity index (χ3n) is 17.1. The maximum Gasteiger partial charge on any atom is 0.373 e. The van der Waals surface area contributed by atoms with Gasteiger partial charge in [-0.15, -0.1) is 5.10 Å². The molecule has 108 heavy (non-hydrogen) atoms. The molecule has 0 aliphatic carbocycles. The van der Waals surface area contributed by atoms with Crippen LogP contribution in [0.25, 0.3) is 11.3 Å². The van der Waals surface area contributed by atoms with E-state index in [1.807, 2.05) is 53.2 Å². The molecule has 5 rings (SSSR count). The first-order valence-electron chi connectivity index (χ1n) is 35.1. The van der Waals surface area contributed by atoms with Crippen molar-refractivity contribution in [2.75, 3.05) is 103 Å². The largest absolute Gasteiger partial charge is 0.481 e. The quantitative estimate of drug-likeness (QED) is 0.0168. The van der Waals surface area contributed by atoms with Gasteiger partial charge in [-0.2, -0.15) is 19.2 Å². The van der Waals surface area contributed by atoms with E-state index in [0.717, 1.165) is 22.0 Å². The minimum atomic E-state index is -1.25. The lowest BCUT2D eigenvalue weighted by Gasteiger charge is -2.37. The number of carboxylic acids is 6. The summed E-state index contributed by atoms with van der Waals surface area (Å²) in [6.07, 6.45) is 8.02. The average Bonchev–Trinajstić information content (AvgIpc) is 1.71. The number of urea groups is 2. The summed E-state index contributed by atoms with van der Waals surface area (Å²) in [5.74, 6) is -8.50. The standard InChI is InChI=1S/C69H97IN14O17S.2CO2/c1-80-32-33-81(44-62(90)91)34-35-82(45-63(92)93)36-37-83(46-64(94)95)54(42-80)38-48-23-27-52(28-24-48)76-69(102)73-30-8-5-18-56(59(86)40-50(65(96)97)13-3-2-4-16-55(85)17-9-12-47-21-25-51(70)26-22-47)77-60(87)43-84-58(41-74-79-84)49-14-10-15-53(39-49)75-67(100)71-29-7-6-19-57(66(98)99)78-68(101)72-31-11-20-61(88)89;2*2-1-3/h10,14-15,21-28,39,41,50,54,56-57H,2-9,11-13,16-20,29-38,40,42-46H2,1H3,(H,77,87)(H,88,89)(H,90,91)(H,92,93)(H,94,95)(H,96,97)(H,98,99)(H2,71,75,100)(H2,72,78,101)(H2,73,76,102);;/t50-,54?,56+,57+;;/m1../s1. The Hall–Kier alpha value is -10.0. The molecule has 0 bridgehead atoms. The van der Waals surface area contributed by atoms with Crippen LogP contribution >= 0.6 is 34.8 Å². The van der Waals surface area contributed by atoms with Gasteiger partial charge in [-0.3, -0.25) is 53.1 Å². The van der Waals surface area contributed by atoms with Crippen molar-refractivity contribution in [2.45, 2.75) is 140 Å². The zero-order valence-corrected chi connectivity index (χ0v) is 63.1. The first kappa shape index (κ1) is 92.2. The first-order valence-corrected chi connectivity index (χ1v) is 36.6. The molecule has 13 N–H and O–H groups in total. The van der Waals surface area contributed by atoms with Crippen LogP contribution in [0, 0.1) is 9.49 Å². The number of aromatic nitrogens is 3. The van der Waals surface area contributed by atoms with Gasteiger partial charge in [-0.25, -0.2) is 19.1 Å². The number of aryl methyl sites for hydroxylation is 1. The highest BCUT2D eigenvalue weighted by molar-refractivity contribution is 14.1. The molecule has 5 amide bonds. The number of carboxylic acid groups (broad SMARTS) is 6. The molecule has 3 aromatic carbocycles. The Bertz CT molecular complexity index is 3600. The van der Waals surface area contributed by atoms with Crippen LogP contribution in [0.1, 0.15) is 114 Å². The van der Waals surface area contributed by atoms with Gasteiger partial charge < -0.3 is 72.8 Å². The number of unbranched alkanes of at least 4 members (excludes halogenated alkanes) is 4. The summed E-state index contributed by atoms with van der Waals surface area (Å²) in [6, 6.07) is 18.3. The van der Waals surface area contributed by atoms with Crippen LogP contribution < -0.4 is 37.2 Å². The number of ketones is 2. The van der Waals surface area contributed by atoms with Crippen molar-refractivity contribution in [1.29, 1.82) is 0 Å². The molecule has 35 nitrogen and oxygen atoms in total. The molecule has 1 aromatic heterocycles. The van der Waals surface area contributed by atoms with Gasteiger partial charge in [0.1, 0.15) is 18.4 Å². The number of aliphatic carboxylic acids is 6. The molecule has 1 fully saturated rings. The Morgan fingerprint density at radius 2 is 1.14 bits per heavy atom. The fraction of sp³-hybridized carbons (Fsp3) is 0.521. The molecule has 0 spiro atoms. The molecule has 37 heteroatoms. The number of likely N-dealkylation sites (N-methyl/N-ethyl adjacent to an activating group) is 1. The Balaban J connectivity index is 0.00000487. The van der Waals surface area contributed by atoms with Crippen LogP contribution in [-0.2, 0) is 81.7 Å². The van der Waals surface area contributed by atoms with Gasteiger partial charge in [-0.1, -0.05) is 54.5 Å². The summed E-state index contributed by atoms with van der Waals surface area (Å²) in [4.78, 5) is 177. The summed E-state index contributed by atoms with van der Waals surface area (Å²) in [5.41, 5.74) is 3.98. The van der Waals surface area contributed by atoms with E-state index in [4.69, 9.17) is 36.5 Å². The number of nitrogens with one attached hydrogen (secondary N) is 7. The molecule has 1 saturated heterocycles. The molecule has 2 heterocycles. The molecule has 1 unspecified atom stereocenters. The third kappa shape index (κ3) is 40.6. The highest BCUT2D eigenvalue weighted by Crippen LogP contribution is 2.24. The lowest BCUT2D eigenvalue weighted by Crippen LogP contribution is -2.52. The first-order chi connectivity index (χ1) is 51.6. The van der Waals surface area contributed by atoms with Gasteiger partial charge in [-0.05, 0) is 166 Å². The summed E-state index contributed by atoms with van der Waals surface area (Å²) in [6.45, 7) is 1.86. The maximum atomic E-state index is 14.2. The average molecular weight is 1640 g/mol. The lowest BCUT2D eigenvalue weighted by molar-refractivity contribution is -0.193. The SMILES string of the molecule is CN1CCN(CC(=O)O)CCN(CC(=O)O)CCN(CC(=O)O)C(Cc2ccc(NC(=S)NCCCC[C@H](NC(=O)Cn3nncc3-c3cccc(NC(=O)NCCCC[C@H](NC(=O)NCCCC(=O)O)C(=O)O)c3)C(=O)C[C@@H](CCCCCC(=O)CCCc3ccc(I)cc3)C(=O)O)cc2)C1.O=C=O.O=C=O. The number of nitrogens with zero attached hydrogens (tertiary/aromatic N) is 7. The van der Waals surface area contributed by atoms with E-state index in [1.54, 1.807) is 34.1 Å². The zero-order chi connectivity index (χ0) is 79.8. The van der Waals surface area contributed by atoms with Gasteiger partial charge in [0.25, 0.3) is 0 Å². The Kier molecular flexibility index (Phi) is 45.2. The number of thiocarbonyl (C=S) groups is 1. The number of Topliss-reactive ketones (excluding diaryl/α,β-unsaturated/α-hetero) is 2. The monoisotopic (exact) mass is 1640 g/mol.